The summed E-state index contributed by atoms with van der Waals surface area (Å²) >= 11 is 5.76. The molecule has 1 aromatic carbocycles. The van der Waals surface area contributed by atoms with Gasteiger partial charge in [0.2, 0.25) is 0 Å². The molecule has 0 radical (unpaired) electrons. The van der Waals surface area contributed by atoms with Gasteiger partial charge in [0, 0.05) is 13.1 Å². The van der Waals surface area contributed by atoms with Crippen LogP contribution >= 0.6 is 11.6 Å². The van der Waals surface area contributed by atoms with Gasteiger partial charge >= 0.3 is 0 Å². The lowest BCUT2D eigenvalue weighted by atomic mass is 10.0. The molecule has 1 aromatic heterocycles. The van der Waals surface area contributed by atoms with E-state index >= 15 is 0 Å². The molecule has 4 heteroatoms. The van der Waals surface area contributed by atoms with E-state index < -0.39 is 0 Å². The van der Waals surface area contributed by atoms with Gasteiger partial charge in [-0.05, 0) is 42.6 Å². The van der Waals surface area contributed by atoms with Crippen molar-refractivity contribution >= 4 is 11.6 Å². The molecule has 0 amide bonds. The van der Waals surface area contributed by atoms with E-state index in [1.807, 2.05) is 6.07 Å². The number of hydrogen-bond donors (Lipinski definition) is 0. The highest BCUT2D eigenvalue weighted by molar-refractivity contribution is 6.29. The fourth-order valence-corrected chi connectivity index (χ4v) is 2.66. The maximum absolute atomic E-state index is 5.76. The van der Waals surface area contributed by atoms with Crippen LogP contribution in [-0.4, -0.2) is 21.6 Å². The number of hydrogen-bond acceptors (Lipinski definition) is 3. The Morgan fingerprint density at radius 1 is 1.05 bits per heavy atom. The number of nitrogens with zero attached hydrogens (tertiary/aromatic N) is 3. The summed E-state index contributed by atoms with van der Waals surface area (Å²) in [6.07, 6.45) is 2.36. The van der Waals surface area contributed by atoms with E-state index in [2.05, 4.69) is 39.4 Å². The zero-order valence-electron chi connectivity index (χ0n) is 10.7. The first-order valence-corrected chi connectivity index (χ1v) is 6.96. The predicted octanol–water partition coefficient (Wildman–Crippen LogP) is 3.08. The van der Waals surface area contributed by atoms with Crippen molar-refractivity contribution in [2.24, 2.45) is 0 Å². The normalized spacial score (nSPS) is 15.8. The van der Waals surface area contributed by atoms with Gasteiger partial charge in [-0.15, -0.1) is 5.10 Å². The van der Waals surface area contributed by atoms with E-state index in [0.29, 0.717) is 5.15 Å². The lowest BCUT2D eigenvalue weighted by molar-refractivity contribution is 0.257. The molecule has 1 aliphatic rings. The minimum absolute atomic E-state index is 0.449. The number of aryl methyl sites for hydroxylation is 1. The smallest absolute Gasteiger partial charge is 0.151 e. The van der Waals surface area contributed by atoms with Crippen LogP contribution in [0.1, 0.15) is 23.2 Å². The van der Waals surface area contributed by atoms with Crippen molar-refractivity contribution in [3.05, 3.63) is 58.4 Å². The van der Waals surface area contributed by atoms with Crippen LogP contribution < -0.4 is 0 Å². The zero-order valence-corrected chi connectivity index (χ0v) is 11.5. The van der Waals surface area contributed by atoms with Crippen molar-refractivity contribution in [2.45, 2.75) is 25.9 Å². The second kappa shape index (κ2) is 5.68. The molecule has 0 saturated heterocycles. The van der Waals surface area contributed by atoms with Crippen LogP contribution in [0.2, 0.25) is 5.15 Å². The zero-order chi connectivity index (χ0) is 13.1. The fourth-order valence-electron chi connectivity index (χ4n) is 2.56. The molecule has 0 unspecified atom stereocenters. The Bertz CT molecular complexity index is 554. The van der Waals surface area contributed by atoms with Crippen LogP contribution in [0.3, 0.4) is 0 Å². The third kappa shape index (κ3) is 3.11. The number of benzene rings is 1. The summed E-state index contributed by atoms with van der Waals surface area (Å²) < 4.78 is 0. The third-order valence-corrected chi connectivity index (χ3v) is 3.71. The van der Waals surface area contributed by atoms with Gasteiger partial charge in [-0.1, -0.05) is 35.9 Å². The molecule has 2 aromatic rings. The van der Waals surface area contributed by atoms with Crippen molar-refractivity contribution in [3.63, 3.8) is 0 Å². The first kappa shape index (κ1) is 12.6. The van der Waals surface area contributed by atoms with Gasteiger partial charge in [-0.25, -0.2) is 0 Å². The second-order valence-corrected chi connectivity index (χ2v) is 5.32. The molecule has 0 fully saturated rings. The van der Waals surface area contributed by atoms with E-state index in [1.54, 1.807) is 6.07 Å². The van der Waals surface area contributed by atoms with Crippen molar-refractivity contribution in [1.82, 2.24) is 15.1 Å². The molecule has 0 saturated carbocycles. The summed E-state index contributed by atoms with van der Waals surface area (Å²) in [7, 11) is 0. The van der Waals surface area contributed by atoms with Crippen molar-refractivity contribution in [2.75, 3.05) is 6.54 Å². The summed E-state index contributed by atoms with van der Waals surface area (Å²) in [5.41, 5.74) is 3.89. The Morgan fingerprint density at radius 2 is 1.89 bits per heavy atom. The Kier molecular flexibility index (Phi) is 3.76. The first-order valence-electron chi connectivity index (χ1n) is 6.58. The molecule has 0 spiro atoms. The van der Waals surface area contributed by atoms with Gasteiger partial charge in [0.05, 0.1) is 5.69 Å². The Labute approximate surface area is 118 Å². The molecule has 3 rings (SSSR count). The predicted molar refractivity (Wildman–Crippen MR) is 75.9 cm³/mol. The minimum Gasteiger partial charge on any atom is -0.293 e. The van der Waals surface area contributed by atoms with Crippen LogP contribution in [0.5, 0.6) is 0 Å². The van der Waals surface area contributed by atoms with Gasteiger partial charge < -0.3 is 0 Å². The van der Waals surface area contributed by atoms with Crippen LogP contribution in [0, 0.1) is 0 Å². The number of halogens is 1. The molecule has 1 aliphatic heterocycles. The molecule has 0 atom stereocenters. The van der Waals surface area contributed by atoms with E-state index in [0.717, 1.165) is 25.3 Å². The maximum Gasteiger partial charge on any atom is 0.151 e. The molecule has 98 valence electrons. The van der Waals surface area contributed by atoms with Crippen molar-refractivity contribution in [1.29, 1.82) is 0 Å². The van der Waals surface area contributed by atoms with E-state index in [-0.39, 0.29) is 0 Å². The molecule has 0 bridgehead atoms. The quantitative estimate of drug-likeness (QED) is 0.842. The van der Waals surface area contributed by atoms with E-state index in [4.69, 9.17) is 11.6 Å². The summed E-state index contributed by atoms with van der Waals surface area (Å²) in [5.74, 6) is 0. The molecule has 0 aliphatic carbocycles. The summed E-state index contributed by atoms with van der Waals surface area (Å²) in [6, 6.07) is 12.5. The first-order chi connectivity index (χ1) is 9.31. The van der Waals surface area contributed by atoms with Crippen LogP contribution in [0.15, 0.2) is 36.4 Å². The highest BCUT2D eigenvalue weighted by Gasteiger charge is 2.14. The van der Waals surface area contributed by atoms with Crippen LogP contribution in [-0.2, 0) is 19.5 Å². The molecule has 0 N–H and O–H groups in total. The van der Waals surface area contributed by atoms with E-state index in [9.17, 15) is 0 Å². The van der Waals surface area contributed by atoms with Gasteiger partial charge in [-0.2, -0.15) is 5.10 Å². The van der Waals surface area contributed by atoms with Gasteiger partial charge in [-0.3, -0.25) is 4.90 Å². The Balaban J connectivity index is 1.74. The second-order valence-electron chi connectivity index (χ2n) is 4.93. The van der Waals surface area contributed by atoms with Crippen LogP contribution in [0.25, 0.3) is 0 Å². The molecule has 19 heavy (non-hydrogen) atoms. The monoisotopic (exact) mass is 273 g/mol. The topological polar surface area (TPSA) is 29.0 Å². The maximum atomic E-state index is 5.76. The lowest BCUT2D eigenvalue weighted by Gasteiger charge is -2.19. The SMILES string of the molecule is Clc1ccc(CN2CCCc3ccccc3C2)nn1. The van der Waals surface area contributed by atoms with Gasteiger partial charge in [0.1, 0.15) is 0 Å². The Hall–Kier alpha value is -1.45. The fraction of sp³-hybridized carbons (Fsp3) is 0.333. The summed E-state index contributed by atoms with van der Waals surface area (Å²) in [5, 5.41) is 8.49. The summed E-state index contributed by atoms with van der Waals surface area (Å²) in [4.78, 5) is 2.42. The highest BCUT2D eigenvalue weighted by atomic mass is 35.5. The largest absolute Gasteiger partial charge is 0.293 e. The minimum atomic E-state index is 0.449. The van der Waals surface area contributed by atoms with Crippen molar-refractivity contribution < 1.29 is 0 Å². The molecule has 2 heterocycles. The van der Waals surface area contributed by atoms with Crippen molar-refractivity contribution in [3.8, 4) is 0 Å². The number of rotatable bonds is 2. The summed E-state index contributed by atoms with van der Waals surface area (Å²) in [6.45, 7) is 2.91. The Morgan fingerprint density at radius 3 is 2.68 bits per heavy atom. The van der Waals surface area contributed by atoms with E-state index in [1.165, 1.54) is 24.0 Å². The molecule has 3 nitrogen and oxygen atoms in total. The van der Waals surface area contributed by atoms with Gasteiger partial charge in [0.15, 0.2) is 5.15 Å². The van der Waals surface area contributed by atoms with Gasteiger partial charge in [0.25, 0.3) is 0 Å². The van der Waals surface area contributed by atoms with Crippen LogP contribution in [0.4, 0.5) is 0 Å². The highest BCUT2D eigenvalue weighted by Crippen LogP contribution is 2.19. The number of fused-ring (bicyclic) bond motifs is 1. The molecular formula is C15H16ClN3. The third-order valence-electron chi connectivity index (χ3n) is 3.51. The standard InChI is InChI=1S/C15H16ClN3/c16-15-8-7-14(17-18-15)11-19-9-3-6-12-4-1-2-5-13(12)10-19/h1-2,4-5,7-8H,3,6,9-11H2. The number of aromatic nitrogens is 2. The average molecular weight is 274 g/mol. The lowest BCUT2D eigenvalue weighted by Crippen LogP contribution is -2.23. The average Bonchev–Trinajstić information content (AvgIpc) is 2.63. The molecular weight excluding hydrogens is 258 g/mol.